The Morgan fingerprint density at radius 3 is 2.38 bits per heavy atom. The summed E-state index contributed by atoms with van der Waals surface area (Å²) in [7, 11) is 0. The Kier molecular flexibility index (Phi) is 5.73. The number of hydrogen-bond donors (Lipinski definition) is 3. The molecule has 2 amide bonds. The van der Waals surface area contributed by atoms with E-state index in [1.807, 2.05) is 6.07 Å². The van der Waals surface area contributed by atoms with Crippen molar-refractivity contribution in [3.05, 3.63) is 71.4 Å². The Morgan fingerprint density at radius 2 is 1.76 bits per heavy atom. The summed E-state index contributed by atoms with van der Waals surface area (Å²) in [5, 5.41) is 15.8. The van der Waals surface area contributed by atoms with E-state index >= 15 is 0 Å². The van der Waals surface area contributed by atoms with Crippen LogP contribution in [0.2, 0.25) is 0 Å². The molecule has 1 atom stereocenters. The van der Waals surface area contributed by atoms with E-state index in [4.69, 9.17) is 10.3 Å². The van der Waals surface area contributed by atoms with E-state index in [-0.39, 0.29) is 23.5 Å². The van der Waals surface area contributed by atoms with Crippen molar-refractivity contribution in [1.29, 1.82) is 0 Å². The lowest BCUT2D eigenvalue weighted by molar-refractivity contribution is -0.137. The monoisotopic (exact) mass is 393 g/mol. The molecule has 1 aromatic heterocycles. The maximum atomic E-state index is 12.9. The Balaban J connectivity index is 1.89. The van der Waals surface area contributed by atoms with Crippen LogP contribution in [-0.4, -0.2) is 33.9 Å². The van der Waals surface area contributed by atoms with Gasteiger partial charge in [0.15, 0.2) is 5.76 Å². The summed E-state index contributed by atoms with van der Waals surface area (Å²) in [4.78, 5) is 36.7. The highest BCUT2D eigenvalue weighted by molar-refractivity contribution is 6.38. The topological polar surface area (TPSA) is 136 Å². The SMILES string of the molecule is Cc1noc(-c2ccccc2)c1C(=O)N[C@@H](Cc1ccc(O)cc1)C(=O)C(N)=O. The molecule has 0 aliphatic rings. The number of aryl methyl sites for hydroxylation is 1. The van der Waals surface area contributed by atoms with Gasteiger partial charge < -0.3 is 20.7 Å². The molecule has 8 heteroatoms. The number of carbonyl (C=O) groups is 3. The molecule has 0 radical (unpaired) electrons. The number of nitrogens with one attached hydrogen (secondary N) is 1. The zero-order chi connectivity index (χ0) is 21.0. The van der Waals surface area contributed by atoms with Crippen LogP contribution in [0, 0.1) is 6.92 Å². The number of aromatic nitrogens is 1. The van der Waals surface area contributed by atoms with Crippen molar-refractivity contribution >= 4 is 17.6 Å². The highest BCUT2D eigenvalue weighted by Crippen LogP contribution is 2.26. The van der Waals surface area contributed by atoms with E-state index in [0.717, 1.165) is 0 Å². The van der Waals surface area contributed by atoms with E-state index in [9.17, 15) is 19.5 Å². The van der Waals surface area contributed by atoms with Crippen molar-refractivity contribution in [3.8, 4) is 17.1 Å². The molecule has 148 valence electrons. The minimum atomic E-state index is -1.18. The summed E-state index contributed by atoms with van der Waals surface area (Å²) in [5.74, 6) is -2.37. The Labute approximate surface area is 166 Å². The number of primary amides is 1. The van der Waals surface area contributed by atoms with Gasteiger partial charge >= 0.3 is 0 Å². The maximum Gasteiger partial charge on any atom is 0.287 e. The molecule has 4 N–H and O–H groups in total. The highest BCUT2D eigenvalue weighted by Gasteiger charge is 2.29. The van der Waals surface area contributed by atoms with Crippen molar-refractivity contribution in [2.24, 2.45) is 5.73 Å². The van der Waals surface area contributed by atoms with Crippen LogP contribution in [0.1, 0.15) is 21.6 Å². The van der Waals surface area contributed by atoms with Crippen LogP contribution in [0.5, 0.6) is 5.75 Å². The fourth-order valence-electron chi connectivity index (χ4n) is 2.90. The van der Waals surface area contributed by atoms with Gasteiger partial charge in [-0.1, -0.05) is 47.6 Å². The van der Waals surface area contributed by atoms with Gasteiger partial charge in [-0.05, 0) is 24.6 Å². The highest BCUT2D eigenvalue weighted by atomic mass is 16.5. The Hall–Kier alpha value is -3.94. The number of phenols is 1. The van der Waals surface area contributed by atoms with Crippen LogP contribution in [0.4, 0.5) is 0 Å². The molecule has 29 heavy (non-hydrogen) atoms. The van der Waals surface area contributed by atoms with E-state index < -0.39 is 23.6 Å². The van der Waals surface area contributed by atoms with Crippen molar-refractivity contribution < 1.29 is 24.0 Å². The molecule has 0 saturated heterocycles. The van der Waals surface area contributed by atoms with Crippen LogP contribution < -0.4 is 11.1 Å². The number of hydrogen-bond acceptors (Lipinski definition) is 6. The number of Topliss-reactive ketones (excluding diaryl/α,β-unsaturated/α-hetero) is 1. The summed E-state index contributed by atoms with van der Waals surface area (Å²) in [6.45, 7) is 1.61. The molecular formula is C21H19N3O5. The van der Waals surface area contributed by atoms with Crippen molar-refractivity contribution in [2.75, 3.05) is 0 Å². The largest absolute Gasteiger partial charge is 0.508 e. The first-order valence-corrected chi connectivity index (χ1v) is 8.81. The normalized spacial score (nSPS) is 11.6. The third kappa shape index (κ3) is 4.49. The summed E-state index contributed by atoms with van der Waals surface area (Å²) in [6, 6.07) is 13.8. The number of carbonyl (C=O) groups excluding carboxylic acids is 3. The first-order valence-electron chi connectivity index (χ1n) is 8.81. The lowest BCUT2D eigenvalue weighted by Gasteiger charge is -2.16. The lowest BCUT2D eigenvalue weighted by Crippen LogP contribution is -2.47. The zero-order valence-corrected chi connectivity index (χ0v) is 15.6. The average molecular weight is 393 g/mol. The minimum Gasteiger partial charge on any atom is -0.508 e. The molecule has 0 saturated carbocycles. The van der Waals surface area contributed by atoms with Crippen LogP contribution >= 0.6 is 0 Å². The Morgan fingerprint density at radius 1 is 1.10 bits per heavy atom. The average Bonchev–Trinajstić information content (AvgIpc) is 3.10. The molecule has 3 aromatic rings. The van der Waals surface area contributed by atoms with Crippen LogP contribution in [-0.2, 0) is 16.0 Å². The smallest absolute Gasteiger partial charge is 0.287 e. The van der Waals surface area contributed by atoms with Crippen LogP contribution in [0.15, 0.2) is 59.1 Å². The quantitative estimate of drug-likeness (QED) is 0.523. The van der Waals surface area contributed by atoms with Crippen LogP contribution in [0.25, 0.3) is 11.3 Å². The molecule has 2 aromatic carbocycles. The molecule has 8 nitrogen and oxygen atoms in total. The first kappa shape index (κ1) is 19.8. The second-order valence-electron chi connectivity index (χ2n) is 6.46. The van der Waals surface area contributed by atoms with Gasteiger partial charge in [0.25, 0.3) is 11.8 Å². The third-order valence-corrected chi connectivity index (χ3v) is 4.37. The molecule has 0 spiro atoms. The lowest BCUT2D eigenvalue weighted by atomic mass is 10.0. The third-order valence-electron chi connectivity index (χ3n) is 4.37. The van der Waals surface area contributed by atoms with Gasteiger partial charge in [0, 0.05) is 12.0 Å². The molecule has 0 fully saturated rings. The summed E-state index contributed by atoms with van der Waals surface area (Å²) >= 11 is 0. The molecule has 0 unspecified atom stereocenters. The number of nitrogens with zero attached hydrogens (tertiary/aromatic N) is 1. The summed E-state index contributed by atoms with van der Waals surface area (Å²) in [5.41, 5.74) is 6.94. The molecular weight excluding hydrogens is 374 g/mol. The van der Waals surface area contributed by atoms with Crippen molar-refractivity contribution in [3.63, 3.8) is 0 Å². The second-order valence-corrected chi connectivity index (χ2v) is 6.46. The number of ketones is 1. The fourth-order valence-corrected chi connectivity index (χ4v) is 2.90. The van der Waals surface area contributed by atoms with Gasteiger partial charge in [-0.25, -0.2) is 0 Å². The number of phenolic OH excluding ortho intramolecular Hbond substituents is 1. The molecule has 0 aliphatic heterocycles. The van der Waals surface area contributed by atoms with Gasteiger partial charge in [0.2, 0.25) is 5.78 Å². The number of nitrogens with two attached hydrogens (primary N) is 1. The first-order chi connectivity index (χ1) is 13.9. The fraction of sp³-hybridized carbons (Fsp3) is 0.143. The van der Waals surface area contributed by atoms with Crippen molar-refractivity contribution in [2.45, 2.75) is 19.4 Å². The minimum absolute atomic E-state index is 0.0266. The van der Waals surface area contributed by atoms with Crippen LogP contribution in [0.3, 0.4) is 0 Å². The number of benzene rings is 2. The summed E-state index contributed by atoms with van der Waals surface area (Å²) in [6.07, 6.45) is 0.0266. The van der Waals surface area contributed by atoms with Gasteiger partial charge in [-0.3, -0.25) is 14.4 Å². The number of rotatable bonds is 7. The Bertz CT molecular complexity index is 1040. The van der Waals surface area contributed by atoms with E-state index in [1.165, 1.54) is 12.1 Å². The summed E-state index contributed by atoms with van der Waals surface area (Å²) < 4.78 is 5.31. The van der Waals surface area contributed by atoms with E-state index in [1.54, 1.807) is 43.3 Å². The van der Waals surface area contributed by atoms with E-state index in [2.05, 4.69) is 10.5 Å². The zero-order valence-electron chi connectivity index (χ0n) is 15.6. The van der Waals surface area contributed by atoms with Gasteiger partial charge in [0.1, 0.15) is 17.4 Å². The second kappa shape index (κ2) is 8.39. The van der Waals surface area contributed by atoms with Gasteiger partial charge in [-0.2, -0.15) is 0 Å². The maximum absolute atomic E-state index is 12.9. The number of amides is 2. The molecule has 0 aliphatic carbocycles. The molecule has 0 bridgehead atoms. The predicted octanol–water partition coefficient (Wildman–Crippen LogP) is 1.75. The van der Waals surface area contributed by atoms with E-state index in [0.29, 0.717) is 16.8 Å². The predicted molar refractivity (Wildman–Crippen MR) is 104 cm³/mol. The standard InChI is InChI=1S/C21H19N3O5/c1-12-17(19(29-24-12)14-5-3-2-4-6-14)21(28)23-16(18(26)20(22)27)11-13-7-9-15(25)10-8-13/h2-10,16,25H,11H2,1H3,(H2,22,27)(H,23,28)/t16-/m0/s1. The van der Waals surface area contributed by atoms with Gasteiger partial charge in [0.05, 0.1) is 5.69 Å². The molecule has 1 heterocycles. The molecule has 3 rings (SSSR count). The van der Waals surface area contributed by atoms with Gasteiger partial charge in [-0.15, -0.1) is 0 Å². The number of aromatic hydroxyl groups is 1. The van der Waals surface area contributed by atoms with Crippen molar-refractivity contribution in [1.82, 2.24) is 10.5 Å².